The van der Waals surface area contributed by atoms with E-state index in [-0.39, 0.29) is 12.6 Å². The van der Waals surface area contributed by atoms with Crippen molar-refractivity contribution in [3.05, 3.63) is 0 Å². The van der Waals surface area contributed by atoms with Crippen LogP contribution in [0.3, 0.4) is 0 Å². The molecule has 104 valence electrons. The zero-order valence-corrected chi connectivity index (χ0v) is 11.3. The Kier molecular flexibility index (Phi) is 5.95. The summed E-state index contributed by atoms with van der Waals surface area (Å²) in [5.74, 6) is -1.30. The minimum Gasteiger partial charge on any atom is -0.481 e. The predicted octanol–water partition coefficient (Wildman–Crippen LogP) is 2.07. The van der Waals surface area contributed by atoms with E-state index in [0.29, 0.717) is 12.5 Å². The summed E-state index contributed by atoms with van der Waals surface area (Å²) < 4.78 is 0. The van der Waals surface area contributed by atoms with E-state index in [1.54, 1.807) is 0 Å². The van der Waals surface area contributed by atoms with Gasteiger partial charge in [-0.1, -0.05) is 20.3 Å². The third-order valence-corrected chi connectivity index (χ3v) is 3.60. The fraction of sp³-hybridized carbons (Fsp3) is 0.846. The fourth-order valence-electron chi connectivity index (χ4n) is 2.50. The number of hydrogen-bond acceptors (Lipinski definition) is 2. The minimum absolute atomic E-state index is 0.110. The molecule has 2 atom stereocenters. The molecule has 0 spiro atoms. The number of rotatable bonds is 6. The number of urea groups is 1. The van der Waals surface area contributed by atoms with Gasteiger partial charge in [-0.05, 0) is 25.7 Å². The summed E-state index contributed by atoms with van der Waals surface area (Å²) in [7, 11) is 0. The second-order valence-corrected chi connectivity index (χ2v) is 4.91. The van der Waals surface area contributed by atoms with Crippen molar-refractivity contribution in [2.45, 2.75) is 52.0 Å². The Bertz CT molecular complexity index is 294. The van der Waals surface area contributed by atoms with E-state index in [2.05, 4.69) is 12.2 Å². The zero-order chi connectivity index (χ0) is 13.5. The van der Waals surface area contributed by atoms with E-state index >= 15 is 0 Å². The molecule has 0 aromatic heterocycles. The van der Waals surface area contributed by atoms with E-state index in [0.717, 1.165) is 32.2 Å². The van der Waals surface area contributed by atoms with Gasteiger partial charge in [-0.15, -0.1) is 0 Å². The molecule has 5 heteroatoms. The van der Waals surface area contributed by atoms with Crippen molar-refractivity contribution in [1.82, 2.24) is 10.2 Å². The third-order valence-electron chi connectivity index (χ3n) is 3.60. The summed E-state index contributed by atoms with van der Waals surface area (Å²) in [5.41, 5.74) is 0. The molecule has 1 aliphatic rings. The van der Waals surface area contributed by atoms with Crippen LogP contribution in [0.4, 0.5) is 4.79 Å². The Balaban J connectivity index is 2.41. The molecule has 1 heterocycles. The number of aliphatic carboxylic acids is 1. The van der Waals surface area contributed by atoms with Crippen LogP contribution in [-0.2, 0) is 4.79 Å². The summed E-state index contributed by atoms with van der Waals surface area (Å²) in [5, 5.41) is 11.8. The lowest BCUT2D eigenvalue weighted by molar-refractivity contribution is -0.141. The molecular formula is C13H24N2O3. The molecule has 18 heavy (non-hydrogen) atoms. The first kappa shape index (κ1) is 14.8. The molecule has 1 aliphatic heterocycles. The molecule has 1 saturated heterocycles. The smallest absolute Gasteiger partial charge is 0.317 e. The van der Waals surface area contributed by atoms with Crippen LogP contribution in [0.25, 0.3) is 0 Å². The average Bonchev–Trinajstić information content (AvgIpc) is 2.81. The molecular weight excluding hydrogens is 232 g/mol. The second kappa shape index (κ2) is 7.24. The maximum absolute atomic E-state index is 12.0. The van der Waals surface area contributed by atoms with Gasteiger partial charge in [0.05, 0.1) is 5.92 Å². The van der Waals surface area contributed by atoms with Crippen molar-refractivity contribution in [3.8, 4) is 0 Å². The highest BCUT2D eigenvalue weighted by Gasteiger charge is 2.28. The number of nitrogens with zero attached hydrogens (tertiary/aromatic N) is 1. The predicted molar refractivity (Wildman–Crippen MR) is 69.5 cm³/mol. The molecule has 0 bridgehead atoms. The number of hydrogen-bond donors (Lipinski definition) is 2. The number of likely N-dealkylation sites (tertiary alicyclic amines) is 1. The lowest BCUT2D eigenvalue weighted by Crippen LogP contribution is -2.44. The number of amides is 2. The summed E-state index contributed by atoms with van der Waals surface area (Å²) in [6, 6.07) is 0.209. The van der Waals surface area contributed by atoms with E-state index in [9.17, 15) is 9.59 Å². The minimum atomic E-state index is -0.828. The summed E-state index contributed by atoms with van der Waals surface area (Å²) in [6.07, 6.45) is 4.48. The quantitative estimate of drug-likeness (QED) is 0.764. The number of carboxylic acids is 1. The van der Waals surface area contributed by atoms with E-state index in [4.69, 9.17) is 5.11 Å². The monoisotopic (exact) mass is 256 g/mol. The summed E-state index contributed by atoms with van der Waals surface area (Å²) in [6.45, 7) is 5.05. The molecule has 0 aromatic carbocycles. The normalized spacial score (nSPS) is 20.8. The molecule has 2 N–H and O–H groups in total. The molecule has 1 fully saturated rings. The maximum Gasteiger partial charge on any atom is 0.317 e. The van der Waals surface area contributed by atoms with Crippen molar-refractivity contribution in [2.24, 2.45) is 5.92 Å². The van der Waals surface area contributed by atoms with Crippen LogP contribution in [0.2, 0.25) is 0 Å². The number of carbonyl (C=O) groups is 2. The molecule has 0 aliphatic carbocycles. The first-order valence-corrected chi connectivity index (χ1v) is 6.87. The molecule has 0 radical (unpaired) electrons. The first-order chi connectivity index (χ1) is 8.60. The van der Waals surface area contributed by atoms with Gasteiger partial charge >= 0.3 is 12.0 Å². The molecule has 2 unspecified atom stereocenters. The Labute approximate surface area is 109 Å². The zero-order valence-electron chi connectivity index (χ0n) is 11.3. The molecule has 0 aromatic rings. The van der Waals surface area contributed by atoms with Crippen molar-refractivity contribution < 1.29 is 14.7 Å². The van der Waals surface area contributed by atoms with Crippen molar-refractivity contribution in [1.29, 1.82) is 0 Å². The largest absolute Gasteiger partial charge is 0.481 e. The fourth-order valence-corrected chi connectivity index (χ4v) is 2.50. The summed E-state index contributed by atoms with van der Waals surface area (Å²) >= 11 is 0. The Morgan fingerprint density at radius 3 is 2.72 bits per heavy atom. The van der Waals surface area contributed by atoms with Gasteiger partial charge < -0.3 is 15.3 Å². The highest BCUT2D eigenvalue weighted by atomic mass is 16.4. The van der Waals surface area contributed by atoms with E-state index < -0.39 is 11.9 Å². The van der Waals surface area contributed by atoms with Crippen molar-refractivity contribution in [3.63, 3.8) is 0 Å². The Hall–Kier alpha value is -1.26. The lowest BCUT2D eigenvalue weighted by Gasteiger charge is -2.24. The van der Waals surface area contributed by atoms with Crippen LogP contribution in [0.5, 0.6) is 0 Å². The van der Waals surface area contributed by atoms with E-state index in [1.807, 2.05) is 11.8 Å². The third kappa shape index (κ3) is 3.89. The Morgan fingerprint density at radius 1 is 1.44 bits per heavy atom. The van der Waals surface area contributed by atoms with Gasteiger partial charge in [0.15, 0.2) is 0 Å². The van der Waals surface area contributed by atoms with Crippen LogP contribution in [0, 0.1) is 5.92 Å². The highest BCUT2D eigenvalue weighted by Crippen LogP contribution is 2.19. The van der Waals surface area contributed by atoms with Gasteiger partial charge in [-0.25, -0.2) is 4.79 Å². The van der Waals surface area contributed by atoms with Crippen LogP contribution in [0.15, 0.2) is 0 Å². The molecule has 1 rings (SSSR count). The second-order valence-electron chi connectivity index (χ2n) is 4.91. The number of nitrogens with one attached hydrogen (secondary N) is 1. The van der Waals surface area contributed by atoms with Crippen LogP contribution in [-0.4, -0.2) is 41.1 Å². The number of carboxylic acid groups (broad SMARTS) is 1. The van der Waals surface area contributed by atoms with Crippen LogP contribution in [0.1, 0.15) is 46.0 Å². The molecule has 2 amide bonds. The lowest BCUT2D eigenvalue weighted by atomic mass is 10.0. The van der Waals surface area contributed by atoms with Gasteiger partial charge in [0.1, 0.15) is 0 Å². The van der Waals surface area contributed by atoms with Gasteiger partial charge in [-0.3, -0.25) is 4.79 Å². The van der Waals surface area contributed by atoms with Crippen LogP contribution >= 0.6 is 0 Å². The van der Waals surface area contributed by atoms with Crippen LogP contribution < -0.4 is 5.32 Å². The standard InChI is InChI=1S/C13H24N2O3/c1-3-6-10(12(16)17)9-14-13(18)15-8-5-7-11(15)4-2/h10-11H,3-9H2,1-2H3,(H,14,18)(H,16,17). The Morgan fingerprint density at radius 2 is 2.17 bits per heavy atom. The molecule has 5 nitrogen and oxygen atoms in total. The average molecular weight is 256 g/mol. The highest BCUT2D eigenvalue weighted by molar-refractivity contribution is 5.76. The number of carbonyl (C=O) groups excluding carboxylic acids is 1. The molecule has 0 saturated carbocycles. The SMILES string of the molecule is CCCC(CNC(=O)N1CCCC1CC)C(=O)O. The van der Waals surface area contributed by atoms with Gasteiger partial charge in [-0.2, -0.15) is 0 Å². The maximum atomic E-state index is 12.0. The van der Waals surface area contributed by atoms with Gasteiger partial charge in [0.2, 0.25) is 0 Å². The first-order valence-electron chi connectivity index (χ1n) is 6.87. The summed E-state index contributed by atoms with van der Waals surface area (Å²) in [4.78, 5) is 24.8. The topological polar surface area (TPSA) is 69.6 Å². The van der Waals surface area contributed by atoms with Gasteiger partial charge in [0, 0.05) is 19.1 Å². The van der Waals surface area contributed by atoms with Crippen molar-refractivity contribution in [2.75, 3.05) is 13.1 Å². The van der Waals surface area contributed by atoms with Gasteiger partial charge in [0.25, 0.3) is 0 Å². The van der Waals surface area contributed by atoms with Crippen molar-refractivity contribution >= 4 is 12.0 Å². The van der Waals surface area contributed by atoms with E-state index in [1.165, 1.54) is 0 Å².